The van der Waals surface area contributed by atoms with Gasteiger partial charge in [0.2, 0.25) is 0 Å². The molecule has 0 radical (unpaired) electrons. The number of hydrogen-bond donors (Lipinski definition) is 0. The van der Waals surface area contributed by atoms with E-state index in [1.807, 2.05) is 0 Å². The lowest BCUT2D eigenvalue weighted by Crippen LogP contribution is -1.88. The van der Waals surface area contributed by atoms with Gasteiger partial charge in [0.1, 0.15) is 0 Å². The molecule has 68 valence electrons. The molecule has 0 N–H and O–H groups in total. The van der Waals surface area contributed by atoms with Gasteiger partial charge < -0.3 is 0 Å². The molecule has 0 aliphatic carbocycles. The smallest absolute Gasteiger partial charge is 0.00861 e. The number of hydrogen-bond acceptors (Lipinski definition) is 0. The van der Waals surface area contributed by atoms with Crippen LogP contribution in [0.25, 0.3) is 0 Å². The van der Waals surface area contributed by atoms with Crippen molar-refractivity contribution in [2.24, 2.45) is 0 Å². The highest BCUT2D eigenvalue weighted by atomic mass is 14.0. The monoisotopic (exact) mass is 172 g/mol. The minimum atomic E-state index is 0.909. The summed E-state index contributed by atoms with van der Waals surface area (Å²) in [6.45, 7) is 2.16. The Balaban J connectivity index is 2.37. The van der Waals surface area contributed by atoms with E-state index in [2.05, 4.69) is 37.1 Å². The molecule has 0 saturated heterocycles. The maximum atomic E-state index is 5.19. The quantitative estimate of drug-likeness (QED) is 0.482. The molecule has 1 aromatic rings. The highest BCUT2D eigenvalue weighted by molar-refractivity contribution is 5.25. The molecular formula is C13H16. The molecule has 0 spiro atoms. The van der Waals surface area contributed by atoms with Crippen LogP contribution in [0.15, 0.2) is 24.3 Å². The summed E-state index contributed by atoms with van der Waals surface area (Å²) in [7, 11) is 0. The summed E-state index contributed by atoms with van der Waals surface area (Å²) >= 11 is 0. The van der Waals surface area contributed by atoms with Gasteiger partial charge in [-0.15, -0.1) is 12.3 Å². The molecule has 0 bridgehead atoms. The van der Waals surface area contributed by atoms with Crippen molar-refractivity contribution in [3.05, 3.63) is 35.4 Å². The van der Waals surface area contributed by atoms with E-state index in [-0.39, 0.29) is 0 Å². The fourth-order valence-corrected chi connectivity index (χ4v) is 1.43. The van der Waals surface area contributed by atoms with Crippen LogP contribution in [-0.4, -0.2) is 0 Å². The second-order valence-electron chi connectivity index (χ2n) is 3.34. The van der Waals surface area contributed by atoms with Crippen LogP contribution in [0.5, 0.6) is 0 Å². The van der Waals surface area contributed by atoms with E-state index in [4.69, 9.17) is 6.42 Å². The van der Waals surface area contributed by atoms with E-state index < -0.39 is 0 Å². The summed E-state index contributed by atoms with van der Waals surface area (Å²) in [4.78, 5) is 0. The van der Waals surface area contributed by atoms with Crippen molar-refractivity contribution in [3.63, 3.8) is 0 Å². The maximum Gasteiger partial charge on any atom is 0.00861 e. The average Bonchev–Trinajstić information content (AvgIpc) is 2.15. The van der Waals surface area contributed by atoms with Crippen LogP contribution in [0.1, 0.15) is 30.4 Å². The van der Waals surface area contributed by atoms with Gasteiger partial charge in [-0.25, -0.2) is 0 Å². The van der Waals surface area contributed by atoms with Gasteiger partial charge in [0.05, 0.1) is 0 Å². The molecule has 0 aromatic heterocycles. The molecule has 0 heteroatoms. The molecule has 0 nitrogen and oxygen atoms in total. The molecule has 0 heterocycles. The lowest BCUT2D eigenvalue weighted by Gasteiger charge is -2.03. The van der Waals surface area contributed by atoms with Gasteiger partial charge in [0.25, 0.3) is 0 Å². The fourth-order valence-electron chi connectivity index (χ4n) is 1.43. The van der Waals surface area contributed by atoms with Crippen LogP contribution < -0.4 is 0 Å². The SMILES string of the molecule is C#CCCCCc1ccccc1C. The van der Waals surface area contributed by atoms with Gasteiger partial charge in [-0.1, -0.05) is 24.3 Å². The van der Waals surface area contributed by atoms with Gasteiger partial charge in [-0.2, -0.15) is 0 Å². The summed E-state index contributed by atoms with van der Waals surface area (Å²) < 4.78 is 0. The Morgan fingerprint density at radius 2 is 2.00 bits per heavy atom. The van der Waals surface area contributed by atoms with Gasteiger partial charge in [0.15, 0.2) is 0 Å². The number of rotatable bonds is 4. The highest BCUT2D eigenvalue weighted by Gasteiger charge is 1.95. The summed E-state index contributed by atoms with van der Waals surface area (Å²) in [6.07, 6.45) is 9.60. The Kier molecular flexibility index (Phi) is 4.12. The summed E-state index contributed by atoms with van der Waals surface area (Å²) in [6, 6.07) is 8.55. The Morgan fingerprint density at radius 1 is 1.23 bits per heavy atom. The maximum absolute atomic E-state index is 5.19. The average molecular weight is 172 g/mol. The first-order valence-corrected chi connectivity index (χ1v) is 4.82. The highest BCUT2D eigenvalue weighted by Crippen LogP contribution is 2.10. The Morgan fingerprint density at radius 3 is 2.69 bits per heavy atom. The first-order chi connectivity index (χ1) is 6.34. The normalized spacial score (nSPS) is 9.54. The molecule has 1 rings (SSSR count). The third-order valence-corrected chi connectivity index (χ3v) is 2.28. The number of unbranched alkanes of at least 4 members (excludes halogenated alkanes) is 2. The lowest BCUT2D eigenvalue weighted by molar-refractivity contribution is 0.754. The third-order valence-electron chi connectivity index (χ3n) is 2.28. The van der Waals surface area contributed by atoms with Crippen LogP contribution in [-0.2, 0) is 6.42 Å². The standard InChI is InChI=1S/C13H16/c1-3-4-5-6-10-13-11-8-7-9-12(13)2/h1,7-9,11H,4-6,10H2,2H3. The minimum Gasteiger partial charge on any atom is -0.120 e. The van der Waals surface area contributed by atoms with Crippen LogP contribution in [0, 0.1) is 19.3 Å². The van der Waals surface area contributed by atoms with Gasteiger partial charge in [-0.05, 0) is 37.3 Å². The predicted octanol–water partition coefficient (Wildman–Crippen LogP) is 3.34. The summed E-state index contributed by atoms with van der Waals surface area (Å²) in [5.41, 5.74) is 2.85. The van der Waals surface area contributed by atoms with Crippen LogP contribution >= 0.6 is 0 Å². The van der Waals surface area contributed by atoms with E-state index in [0.29, 0.717) is 0 Å². The van der Waals surface area contributed by atoms with Gasteiger partial charge >= 0.3 is 0 Å². The molecule has 0 atom stereocenters. The molecule has 0 unspecified atom stereocenters. The summed E-state index contributed by atoms with van der Waals surface area (Å²) in [5.74, 6) is 2.67. The molecule has 0 amide bonds. The van der Waals surface area contributed by atoms with Gasteiger partial charge in [0, 0.05) is 6.42 Å². The van der Waals surface area contributed by atoms with E-state index in [1.165, 1.54) is 17.5 Å². The van der Waals surface area contributed by atoms with Crippen molar-refractivity contribution in [1.29, 1.82) is 0 Å². The first kappa shape index (κ1) is 9.86. The molecule has 0 fully saturated rings. The van der Waals surface area contributed by atoms with Crippen molar-refractivity contribution >= 4 is 0 Å². The molecule has 0 aliphatic heterocycles. The van der Waals surface area contributed by atoms with Crippen molar-refractivity contribution in [2.45, 2.75) is 32.6 Å². The Hall–Kier alpha value is -1.22. The third kappa shape index (κ3) is 3.34. The van der Waals surface area contributed by atoms with E-state index in [0.717, 1.165) is 19.3 Å². The van der Waals surface area contributed by atoms with E-state index in [9.17, 15) is 0 Å². The second kappa shape index (κ2) is 5.43. The Labute approximate surface area is 81.0 Å². The lowest BCUT2D eigenvalue weighted by atomic mass is 10.0. The van der Waals surface area contributed by atoms with Crippen LogP contribution in [0.3, 0.4) is 0 Å². The first-order valence-electron chi connectivity index (χ1n) is 4.82. The largest absolute Gasteiger partial charge is 0.120 e. The molecule has 0 aliphatic rings. The molecule has 1 aromatic carbocycles. The predicted molar refractivity (Wildman–Crippen MR) is 57.6 cm³/mol. The van der Waals surface area contributed by atoms with E-state index in [1.54, 1.807) is 0 Å². The zero-order valence-corrected chi connectivity index (χ0v) is 8.22. The van der Waals surface area contributed by atoms with Crippen LogP contribution in [0.4, 0.5) is 0 Å². The summed E-state index contributed by atoms with van der Waals surface area (Å²) in [5, 5.41) is 0. The fraction of sp³-hybridized carbons (Fsp3) is 0.385. The molecular weight excluding hydrogens is 156 g/mol. The second-order valence-corrected chi connectivity index (χ2v) is 3.34. The van der Waals surface area contributed by atoms with Crippen molar-refractivity contribution < 1.29 is 0 Å². The van der Waals surface area contributed by atoms with Crippen LogP contribution in [0.2, 0.25) is 0 Å². The number of benzene rings is 1. The minimum absolute atomic E-state index is 0.909. The van der Waals surface area contributed by atoms with Crippen molar-refractivity contribution in [3.8, 4) is 12.3 Å². The Bertz CT molecular complexity index is 291. The number of terminal acetylenes is 1. The zero-order chi connectivity index (χ0) is 9.52. The molecule has 0 saturated carbocycles. The van der Waals surface area contributed by atoms with Crippen molar-refractivity contribution in [1.82, 2.24) is 0 Å². The number of aryl methyl sites for hydroxylation is 2. The van der Waals surface area contributed by atoms with E-state index >= 15 is 0 Å². The van der Waals surface area contributed by atoms with Crippen molar-refractivity contribution in [2.75, 3.05) is 0 Å². The topological polar surface area (TPSA) is 0 Å². The zero-order valence-electron chi connectivity index (χ0n) is 8.22. The molecule has 13 heavy (non-hydrogen) atoms. The van der Waals surface area contributed by atoms with Gasteiger partial charge in [-0.3, -0.25) is 0 Å².